The molecule has 0 unspecified atom stereocenters. The molecule has 14 heavy (non-hydrogen) atoms. The Bertz CT molecular complexity index is 144. The highest BCUT2D eigenvalue weighted by Gasteiger charge is 2.23. The summed E-state index contributed by atoms with van der Waals surface area (Å²) in [7, 11) is 0.553. The Labute approximate surface area is 90.4 Å². The molecule has 2 N–H and O–H groups in total. The van der Waals surface area contributed by atoms with E-state index in [2.05, 4.69) is 51.5 Å². The van der Waals surface area contributed by atoms with Crippen molar-refractivity contribution in [1.29, 1.82) is 0 Å². The van der Waals surface area contributed by atoms with E-state index in [0.717, 1.165) is 6.23 Å². The van der Waals surface area contributed by atoms with Crippen LogP contribution in [-0.4, -0.2) is 33.5 Å². The Hall–Kier alpha value is 0.0969. The van der Waals surface area contributed by atoms with Gasteiger partial charge in [0.15, 0.2) is 0 Å². The third kappa shape index (κ3) is 8.68. The van der Waals surface area contributed by atoms with Crippen molar-refractivity contribution < 1.29 is 4.74 Å². The lowest BCUT2D eigenvalue weighted by Gasteiger charge is -2.33. The summed E-state index contributed by atoms with van der Waals surface area (Å²) in [6, 6.07) is 0. The fourth-order valence-electron chi connectivity index (χ4n) is 1.33. The summed E-state index contributed by atoms with van der Waals surface area (Å²) in [6.45, 7) is 13.1. The van der Waals surface area contributed by atoms with Gasteiger partial charge in [0, 0.05) is 18.2 Å². The monoisotopic (exact) mass is 218 g/mol. The van der Waals surface area contributed by atoms with Crippen LogP contribution in [0.3, 0.4) is 0 Å². The number of hydrogen-bond acceptors (Lipinski definition) is 3. The van der Waals surface area contributed by atoms with E-state index in [9.17, 15) is 0 Å². The SMILES string of the molecule is COC[SiH](NC(C)(C)C)NC(C)(C)C. The molecule has 3 nitrogen and oxygen atoms in total. The maximum atomic E-state index is 5.23. The standard InChI is InChI=1S/C10H26N2OSi/c1-9(2,3)11-14(8-13-7)12-10(4,5)6/h11-12,14H,8H2,1-7H3. The van der Waals surface area contributed by atoms with Crippen LogP contribution in [0.4, 0.5) is 0 Å². The van der Waals surface area contributed by atoms with Crippen LogP contribution in [0.5, 0.6) is 0 Å². The molecule has 0 aromatic rings. The van der Waals surface area contributed by atoms with E-state index in [-0.39, 0.29) is 11.1 Å². The highest BCUT2D eigenvalue weighted by atomic mass is 28.3. The van der Waals surface area contributed by atoms with Gasteiger partial charge < -0.3 is 14.7 Å². The molecule has 0 atom stereocenters. The first-order valence-electron chi connectivity index (χ1n) is 5.18. The van der Waals surface area contributed by atoms with E-state index in [1.54, 1.807) is 7.11 Å². The molecule has 0 amide bonds. The van der Waals surface area contributed by atoms with E-state index in [0.29, 0.717) is 0 Å². The fraction of sp³-hybridized carbons (Fsp3) is 1.00. The van der Waals surface area contributed by atoms with Gasteiger partial charge in [-0.25, -0.2) is 0 Å². The molecule has 0 bridgehead atoms. The van der Waals surface area contributed by atoms with Gasteiger partial charge in [-0.3, -0.25) is 0 Å². The summed E-state index contributed by atoms with van der Waals surface area (Å²) in [5.74, 6) is 0. The highest BCUT2D eigenvalue weighted by molar-refractivity contribution is 6.53. The van der Waals surface area contributed by atoms with E-state index < -0.39 is 9.12 Å². The first-order valence-corrected chi connectivity index (χ1v) is 7.15. The number of methoxy groups -OCH3 is 1. The summed E-state index contributed by atoms with van der Waals surface area (Å²) in [5.41, 5.74) is 0.321. The van der Waals surface area contributed by atoms with Crippen molar-refractivity contribution in [1.82, 2.24) is 9.96 Å². The second kappa shape index (κ2) is 5.26. The normalized spacial score (nSPS) is 13.7. The van der Waals surface area contributed by atoms with Crippen LogP contribution >= 0.6 is 0 Å². The Kier molecular flexibility index (Phi) is 5.29. The van der Waals surface area contributed by atoms with Gasteiger partial charge in [-0.2, -0.15) is 0 Å². The molecule has 0 rings (SSSR count). The summed E-state index contributed by atoms with van der Waals surface area (Å²) in [5, 5.41) is 0. The summed E-state index contributed by atoms with van der Waals surface area (Å²) in [6.07, 6.45) is 0.814. The van der Waals surface area contributed by atoms with Crippen molar-refractivity contribution in [3.63, 3.8) is 0 Å². The molecule has 0 saturated carbocycles. The fourth-order valence-corrected chi connectivity index (χ4v) is 3.99. The lowest BCUT2D eigenvalue weighted by atomic mass is 10.1. The van der Waals surface area contributed by atoms with Crippen LogP contribution in [0.15, 0.2) is 0 Å². The van der Waals surface area contributed by atoms with Crippen molar-refractivity contribution in [2.45, 2.75) is 52.6 Å². The van der Waals surface area contributed by atoms with Crippen molar-refractivity contribution in [2.75, 3.05) is 13.3 Å². The maximum absolute atomic E-state index is 5.23. The Balaban J connectivity index is 4.16. The molecular formula is C10H26N2OSi. The number of rotatable bonds is 4. The Morgan fingerprint density at radius 2 is 1.29 bits per heavy atom. The second-order valence-corrected chi connectivity index (χ2v) is 7.81. The Morgan fingerprint density at radius 1 is 0.929 bits per heavy atom. The molecule has 4 heteroatoms. The molecule has 0 saturated heterocycles. The largest absolute Gasteiger partial charge is 0.385 e. The average Bonchev–Trinajstić information content (AvgIpc) is 1.78. The van der Waals surface area contributed by atoms with Crippen LogP contribution in [-0.2, 0) is 4.74 Å². The molecule has 0 aromatic carbocycles. The van der Waals surface area contributed by atoms with Gasteiger partial charge in [-0.05, 0) is 41.5 Å². The molecule has 86 valence electrons. The van der Waals surface area contributed by atoms with Crippen LogP contribution in [0.1, 0.15) is 41.5 Å². The third-order valence-electron chi connectivity index (χ3n) is 1.55. The topological polar surface area (TPSA) is 33.3 Å². The summed E-state index contributed by atoms with van der Waals surface area (Å²) < 4.78 is 5.23. The number of nitrogens with one attached hydrogen (secondary N) is 2. The van der Waals surface area contributed by atoms with E-state index in [1.807, 2.05) is 0 Å². The van der Waals surface area contributed by atoms with Gasteiger partial charge in [0.05, 0.1) is 6.23 Å². The highest BCUT2D eigenvalue weighted by Crippen LogP contribution is 2.03. The molecule has 0 spiro atoms. The molecular weight excluding hydrogens is 192 g/mol. The number of ether oxygens (including phenoxy) is 1. The lowest BCUT2D eigenvalue weighted by molar-refractivity contribution is 0.241. The summed E-state index contributed by atoms with van der Waals surface area (Å²) >= 11 is 0. The van der Waals surface area contributed by atoms with Crippen molar-refractivity contribution >= 4 is 9.12 Å². The van der Waals surface area contributed by atoms with Gasteiger partial charge >= 0.3 is 0 Å². The zero-order valence-electron chi connectivity index (χ0n) is 10.7. The average molecular weight is 218 g/mol. The Morgan fingerprint density at radius 3 is 1.50 bits per heavy atom. The van der Waals surface area contributed by atoms with Crippen molar-refractivity contribution in [3.05, 3.63) is 0 Å². The first-order chi connectivity index (χ1) is 6.14. The smallest absolute Gasteiger partial charge is 0.211 e. The first kappa shape index (κ1) is 14.1. The van der Waals surface area contributed by atoms with Gasteiger partial charge in [0.25, 0.3) is 0 Å². The molecule has 0 aliphatic heterocycles. The van der Waals surface area contributed by atoms with E-state index in [1.165, 1.54) is 0 Å². The van der Waals surface area contributed by atoms with Crippen molar-refractivity contribution in [2.24, 2.45) is 0 Å². The quantitative estimate of drug-likeness (QED) is 0.695. The van der Waals surface area contributed by atoms with Crippen LogP contribution in [0, 0.1) is 0 Å². The predicted molar refractivity (Wildman–Crippen MR) is 64.8 cm³/mol. The van der Waals surface area contributed by atoms with E-state index >= 15 is 0 Å². The molecule has 0 heterocycles. The van der Waals surface area contributed by atoms with E-state index in [4.69, 9.17) is 4.74 Å². The number of hydrogen-bond donors (Lipinski definition) is 2. The van der Waals surface area contributed by atoms with Crippen LogP contribution in [0.2, 0.25) is 0 Å². The predicted octanol–water partition coefficient (Wildman–Crippen LogP) is 1.17. The molecule has 0 fully saturated rings. The van der Waals surface area contributed by atoms with Crippen molar-refractivity contribution in [3.8, 4) is 0 Å². The van der Waals surface area contributed by atoms with Gasteiger partial charge in [0.1, 0.15) is 0 Å². The minimum atomic E-state index is -1.21. The molecule has 0 aliphatic carbocycles. The zero-order chi connectivity index (χ0) is 11.4. The molecule has 0 aliphatic rings. The molecule has 0 radical (unpaired) electrons. The third-order valence-corrected chi connectivity index (χ3v) is 4.64. The minimum Gasteiger partial charge on any atom is -0.385 e. The maximum Gasteiger partial charge on any atom is 0.211 e. The summed E-state index contributed by atoms with van der Waals surface area (Å²) in [4.78, 5) is 7.23. The molecule has 0 aromatic heterocycles. The van der Waals surface area contributed by atoms with Crippen LogP contribution < -0.4 is 9.96 Å². The zero-order valence-corrected chi connectivity index (χ0v) is 11.8. The van der Waals surface area contributed by atoms with Gasteiger partial charge in [-0.15, -0.1) is 0 Å². The minimum absolute atomic E-state index is 0.160. The second-order valence-electron chi connectivity index (χ2n) is 5.80. The van der Waals surface area contributed by atoms with Gasteiger partial charge in [0.2, 0.25) is 9.12 Å². The van der Waals surface area contributed by atoms with Gasteiger partial charge in [-0.1, -0.05) is 0 Å². The lowest BCUT2D eigenvalue weighted by Crippen LogP contribution is -2.62. The van der Waals surface area contributed by atoms with Crippen LogP contribution in [0.25, 0.3) is 0 Å².